The minimum absolute atomic E-state index is 0. The second-order valence-corrected chi connectivity index (χ2v) is 6.08. The molecule has 1 aliphatic heterocycles. The average molecular weight is 369 g/mol. The van der Waals surface area contributed by atoms with Gasteiger partial charge in [-0.3, -0.25) is 0 Å². The first-order valence-corrected chi connectivity index (χ1v) is 8.33. The van der Waals surface area contributed by atoms with Crippen LogP contribution in [-0.2, 0) is 11.3 Å². The highest BCUT2D eigenvalue weighted by atomic mass is 35.5. The first-order valence-electron chi connectivity index (χ1n) is 8.33. The Morgan fingerprint density at radius 2 is 1.96 bits per heavy atom. The Morgan fingerprint density at radius 1 is 1.24 bits per heavy atom. The summed E-state index contributed by atoms with van der Waals surface area (Å²) in [6.07, 6.45) is 1.98. The van der Waals surface area contributed by atoms with Gasteiger partial charge in [-0.05, 0) is 50.2 Å². The topological polar surface area (TPSA) is 68.0 Å². The molecular weight excluding hydrogens is 344 g/mol. The number of aromatic nitrogens is 1. The first kappa shape index (κ1) is 19.7. The number of aliphatic hydroxyl groups is 1. The van der Waals surface area contributed by atoms with E-state index in [1.54, 1.807) is 7.11 Å². The van der Waals surface area contributed by atoms with Crippen molar-refractivity contribution in [3.05, 3.63) is 36.1 Å². The third-order valence-electron chi connectivity index (χ3n) is 4.17. The minimum atomic E-state index is -0.466. The fourth-order valence-corrected chi connectivity index (χ4v) is 2.89. The molecule has 3 rings (SSSR count). The van der Waals surface area contributed by atoms with Gasteiger partial charge < -0.3 is 24.0 Å². The third kappa shape index (κ3) is 5.71. The number of halogens is 1. The number of β-amino-alcohol motifs (C(OH)–C–C–N with tert-alkyl or cyclic N) is 1. The molecule has 1 unspecified atom stereocenters. The fourth-order valence-electron chi connectivity index (χ4n) is 2.89. The van der Waals surface area contributed by atoms with Gasteiger partial charge in [-0.25, -0.2) is 0 Å². The molecule has 2 aromatic rings. The molecule has 0 radical (unpaired) electrons. The Labute approximate surface area is 154 Å². The van der Waals surface area contributed by atoms with Crippen molar-refractivity contribution in [3.63, 3.8) is 0 Å². The molecule has 1 aliphatic rings. The number of aliphatic hydroxyl groups excluding tert-OH is 1. The van der Waals surface area contributed by atoms with E-state index in [9.17, 15) is 5.11 Å². The van der Waals surface area contributed by atoms with Crippen molar-refractivity contribution in [2.45, 2.75) is 25.6 Å². The number of hydrogen-bond acceptors (Lipinski definition) is 6. The Hall–Kier alpha value is -1.60. The first-order chi connectivity index (χ1) is 11.7. The standard InChI is InChI=1S/C18H24N2O4.ClH/c1-22-16-6-4-14(5-7-16)18-10-17(24-19-18)13-23-12-15(21)11-20-8-2-3-9-20;/h4-7,10,15,21H,2-3,8-9,11-13H2,1H3;1H. The second-order valence-electron chi connectivity index (χ2n) is 6.08. The van der Waals surface area contributed by atoms with Crippen LogP contribution in [0.2, 0.25) is 0 Å². The van der Waals surface area contributed by atoms with Crippen LogP contribution in [0.4, 0.5) is 0 Å². The van der Waals surface area contributed by atoms with E-state index in [0.29, 0.717) is 25.5 Å². The normalized spacial score (nSPS) is 15.8. The van der Waals surface area contributed by atoms with Crippen LogP contribution in [0, 0.1) is 0 Å². The van der Waals surface area contributed by atoms with Crippen molar-refractivity contribution in [1.82, 2.24) is 10.1 Å². The number of ether oxygens (including phenoxy) is 2. The zero-order valence-corrected chi connectivity index (χ0v) is 15.2. The van der Waals surface area contributed by atoms with Gasteiger partial charge in [-0.2, -0.15) is 0 Å². The lowest BCUT2D eigenvalue weighted by Gasteiger charge is -2.18. The van der Waals surface area contributed by atoms with Crippen LogP contribution in [0.5, 0.6) is 5.75 Å². The third-order valence-corrected chi connectivity index (χ3v) is 4.17. The van der Waals surface area contributed by atoms with Crippen molar-refractivity contribution >= 4 is 12.4 Å². The highest BCUT2D eigenvalue weighted by Gasteiger charge is 2.16. The van der Waals surface area contributed by atoms with E-state index in [4.69, 9.17) is 14.0 Å². The lowest BCUT2D eigenvalue weighted by molar-refractivity contribution is 0.00696. The van der Waals surface area contributed by atoms with Gasteiger partial charge in [0.25, 0.3) is 0 Å². The van der Waals surface area contributed by atoms with Crippen LogP contribution in [0.15, 0.2) is 34.9 Å². The molecule has 1 saturated heterocycles. The Kier molecular flexibility index (Phi) is 7.71. The number of benzene rings is 1. The van der Waals surface area contributed by atoms with Gasteiger partial charge in [0, 0.05) is 18.2 Å². The van der Waals surface area contributed by atoms with Crippen LogP contribution < -0.4 is 4.74 Å². The molecule has 2 heterocycles. The smallest absolute Gasteiger partial charge is 0.163 e. The van der Waals surface area contributed by atoms with Crippen LogP contribution >= 0.6 is 12.4 Å². The summed E-state index contributed by atoms with van der Waals surface area (Å²) in [6.45, 7) is 3.43. The number of methoxy groups -OCH3 is 1. The molecule has 0 bridgehead atoms. The monoisotopic (exact) mass is 368 g/mol. The van der Waals surface area contributed by atoms with Crippen molar-refractivity contribution in [2.75, 3.05) is 33.4 Å². The molecule has 7 heteroatoms. The Balaban J connectivity index is 0.00000225. The van der Waals surface area contributed by atoms with Crippen molar-refractivity contribution < 1.29 is 19.1 Å². The van der Waals surface area contributed by atoms with E-state index in [2.05, 4.69) is 10.1 Å². The summed E-state index contributed by atoms with van der Waals surface area (Å²) in [5.74, 6) is 1.45. The highest BCUT2D eigenvalue weighted by Crippen LogP contribution is 2.22. The molecule has 138 valence electrons. The molecular formula is C18H25ClN2O4. The van der Waals surface area contributed by atoms with Crippen molar-refractivity contribution in [3.8, 4) is 17.0 Å². The summed E-state index contributed by atoms with van der Waals surface area (Å²) in [5, 5.41) is 14.1. The number of likely N-dealkylation sites (tertiary alicyclic amines) is 1. The maximum absolute atomic E-state index is 10.00. The molecule has 1 aromatic carbocycles. The van der Waals surface area contributed by atoms with Gasteiger partial charge in [-0.1, -0.05) is 5.16 Å². The molecule has 0 spiro atoms. The zero-order chi connectivity index (χ0) is 16.8. The van der Waals surface area contributed by atoms with E-state index in [1.807, 2.05) is 30.3 Å². The molecule has 25 heavy (non-hydrogen) atoms. The van der Waals surface area contributed by atoms with Crippen LogP contribution in [0.3, 0.4) is 0 Å². The van der Waals surface area contributed by atoms with Crippen molar-refractivity contribution in [1.29, 1.82) is 0 Å². The number of hydrogen-bond donors (Lipinski definition) is 1. The van der Waals surface area contributed by atoms with Gasteiger partial charge in [0.05, 0.1) is 19.8 Å². The van der Waals surface area contributed by atoms with E-state index in [-0.39, 0.29) is 12.4 Å². The summed E-state index contributed by atoms with van der Waals surface area (Å²) in [7, 11) is 1.64. The molecule has 1 N–H and O–H groups in total. The second kappa shape index (κ2) is 9.77. The Morgan fingerprint density at radius 3 is 2.64 bits per heavy atom. The highest BCUT2D eigenvalue weighted by molar-refractivity contribution is 5.85. The quantitative estimate of drug-likeness (QED) is 0.772. The van der Waals surface area contributed by atoms with E-state index < -0.39 is 6.10 Å². The maximum atomic E-state index is 10.00. The van der Waals surface area contributed by atoms with Gasteiger partial charge in [0.1, 0.15) is 18.1 Å². The predicted molar refractivity (Wildman–Crippen MR) is 97.1 cm³/mol. The van der Waals surface area contributed by atoms with Crippen LogP contribution in [0.25, 0.3) is 11.3 Å². The minimum Gasteiger partial charge on any atom is -0.497 e. The Bertz CT molecular complexity index is 626. The van der Waals surface area contributed by atoms with Crippen LogP contribution in [0.1, 0.15) is 18.6 Å². The van der Waals surface area contributed by atoms with Gasteiger partial charge in [0.15, 0.2) is 5.76 Å². The molecule has 0 amide bonds. The summed E-state index contributed by atoms with van der Waals surface area (Å²) >= 11 is 0. The summed E-state index contributed by atoms with van der Waals surface area (Å²) in [5.41, 5.74) is 1.72. The average Bonchev–Trinajstić information content (AvgIpc) is 3.27. The molecule has 1 fully saturated rings. The summed E-state index contributed by atoms with van der Waals surface area (Å²) in [6, 6.07) is 9.49. The molecule has 1 atom stereocenters. The fraction of sp³-hybridized carbons (Fsp3) is 0.500. The summed E-state index contributed by atoms with van der Waals surface area (Å²) < 4.78 is 16.0. The maximum Gasteiger partial charge on any atom is 0.163 e. The molecule has 0 aliphatic carbocycles. The van der Waals surface area contributed by atoms with Gasteiger partial charge in [-0.15, -0.1) is 12.4 Å². The SMILES string of the molecule is COc1ccc(-c2cc(COCC(O)CN3CCCC3)on2)cc1.Cl. The van der Waals surface area contributed by atoms with Gasteiger partial charge in [0.2, 0.25) is 0 Å². The molecule has 1 aromatic heterocycles. The van der Waals surface area contributed by atoms with Crippen molar-refractivity contribution in [2.24, 2.45) is 0 Å². The van der Waals surface area contributed by atoms with Gasteiger partial charge >= 0.3 is 0 Å². The van der Waals surface area contributed by atoms with Crippen LogP contribution in [-0.4, -0.2) is 54.6 Å². The zero-order valence-electron chi connectivity index (χ0n) is 14.4. The lowest BCUT2D eigenvalue weighted by Crippen LogP contribution is -2.32. The predicted octanol–water partition coefficient (Wildman–Crippen LogP) is 2.75. The largest absolute Gasteiger partial charge is 0.497 e. The van der Waals surface area contributed by atoms with E-state index in [0.717, 1.165) is 30.1 Å². The molecule has 6 nitrogen and oxygen atoms in total. The number of nitrogens with zero attached hydrogens (tertiary/aromatic N) is 2. The lowest BCUT2D eigenvalue weighted by atomic mass is 10.1. The summed E-state index contributed by atoms with van der Waals surface area (Å²) in [4.78, 5) is 2.27. The number of rotatable bonds is 8. The molecule has 0 saturated carbocycles. The van der Waals surface area contributed by atoms with E-state index >= 15 is 0 Å². The van der Waals surface area contributed by atoms with E-state index in [1.165, 1.54) is 12.8 Å².